The van der Waals surface area contributed by atoms with Gasteiger partial charge in [0.2, 0.25) is 0 Å². The second-order valence-electron chi connectivity index (χ2n) is 7.70. The topological polar surface area (TPSA) is 59.3 Å². The molecule has 7 heteroatoms. The van der Waals surface area contributed by atoms with Crippen LogP contribution in [0.4, 0.5) is 0 Å². The third kappa shape index (κ3) is 4.46. The summed E-state index contributed by atoms with van der Waals surface area (Å²) in [4.78, 5) is 4.85. The maximum atomic E-state index is 5.26. The highest BCUT2D eigenvalue weighted by Crippen LogP contribution is 2.28. The van der Waals surface area contributed by atoms with Gasteiger partial charge in [0.25, 0.3) is 0 Å². The average molecular weight is 393 g/mol. The zero-order chi connectivity index (χ0) is 20.2. The number of piperazine rings is 1. The first-order valence-corrected chi connectivity index (χ1v) is 10.0. The summed E-state index contributed by atoms with van der Waals surface area (Å²) in [6.07, 6.45) is 0. The van der Waals surface area contributed by atoms with E-state index in [9.17, 15) is 0 Å². The smallest absolute Gasteiger partial charge is 0.173 e. The van der Waals surface area contributed by atoms with Gasteiger partial charge in [-0.15, -0.1) is 5.10 Å². The van der Waals surface area contributed by atoms with Crippen LogP contribution < -0.4 is 4.74 Å². The van der Waals surface area contributed by atoms with E-state index < -0.39 is 0 Å². The number of hydrogen-bond donors (Lipinski definition) is 0. The van der Waals surface area contributed by atoms with Crippen LogP contribution in [-0.4, -0.2) is 70.3 Å². The van der Waals surface area contributed by atoms with Crippen molar-refractivity contribution < 1.29 is 4.74 Å². The van der Waals surface area contributed by atoms with Crippen LogP contribution in [0.3, 0.4) is 0 Å². The summed E-state index contributed by atoms with van der Waals surface area (Å²) in [5, 5.41) is 12.8. The van der Waals surface area contributed by atoms with E-state index in [1.54, 1.807) is 7.11 Å². The lowest BCUT2D eigenvalue weighted by atomic mass is 10.0. The molecule has 0 aliphatic carbocycles. The van der Waals surface area contributed by atoms with Gasteiger partial charge >= 0.3 is 0 Å². The molecule has 152 valence electrons. The van der Waals surface area contributed by atoms with Gasteiger partial charge in [0, 0.05) is 26.2 Å². The van der Waals surface area contributed by atoms with Crippen LogP contribution in [0.1, 0.15) is 28.6 Å². The summed E-state index contributed by atoms with van der Waals surface area (Å²) in [6, 6.07) is 16.8. The molecular formula is C22H28N6O. The number of rotatable bonds is 6. The second-order valence-corrected chi connectivity index (χ2v) is 7.70. The van der Waals surface area contributed by atoms with E-state index in [4.69, 9.17) is 4.74 Å². The molecule has 2 heterocycles. The quantitative estimate of drug-likeness (QED) is 0.642. The highest BCUT2D eigenvalue weighted by atomic mass is 16.5. The van der Waals surface area contributed by atoms with Crippen molar-refractivity contribution >= 4 is 0 Å². The molecule has 4 rings (SSSR count). The van der Waals surface area contributed by atoms with Gasteiger partial charge in [-0.3, -0.25) is 4.90 Å². The monoisotopic (exact) mass is 392 g/mol. The van der Waals surface area contributed by atoms with Crippen LogP contribution in [0.5, 0.6) is 5.75 Å². The van der Waals surface area contributed by atoms with Crippen molar-refractivity contribution in [2.45, 2.75) is 19.5 Å². The van der Waals surface area contributed by atoms with Crippen LogP contribution >= 0.6 is 0 Å². The summed E-state index contributed by atoms with van der Waals surface area (Å²) in [7, 11) is 3.85. The predicted octanol–water partition coefficient (Wildman–Crippen LogP) is 2.38. The number of tetrazole rings is 1. The lowest BCUT2D eigenvalue weighted by molar-refractivity contribution is 0.121. The van der Waals surface area contributed by atoms with Gasteiger partial charge in [0.15, 0.2) is 5.82 Å². The number of hydrogen-bond acceptors (Lipinski definition) is 6. The van der Waals surface area contributed by atoms with Gasteiger partial charge in [-0.2, -0.15) is 0 Å². The number of methoxy groups -OCH3 is 1. The van der Waals surface area contributed by atoms with Gasteiger partial charge in [-0.25, -0.2) is 4.68 Å². The molecule has 1 aliphatic heterocycles. The summed E-state index contributed by atoms with van der Waals surface area (Å²) in [6.45, 7) is 6.81. The molecule has 29 heavy (non-hydrogen) atoms. The Hall–Kier alpha value is -2.77. The number of aryl methyl sites for hydroxylation is 1. The zero-order valence-electron chi connectivity index (χ0n) is 17.3. The van der Waals surface area contributed by atoms with Crippen LogP contribution in [0.2, 0.25) is 0 Å². The van der Waals surface area contributed by atoms with E-state index >= 15 is 0 Å². The molecule has 3 aromatic rings. The lowest BCUT2D eigenvalue weighted by Crippen LogP contribution is -2.46. The maximum absolute atomic E-state index is 5.26. The molecule has 1 aliphatic rings. The zero-order valence-corrected chi connectivity index (χ0v) is 17.3. The molecule has 0 N–H and O–H groups in total. The molecule has 2 aromatic carbocycles. The van der Waals surface area contributed by atoms with Gasteiger partial charge < -0.3 is 9.64 Å². The first kappa shape index (κ1) is 19.5. The fourth-order valence-electron chi connectivity index (χ4n) is 3.78. The van der Waals surface area contributed by atoms with E-state index in [2.05, 4.69) is 75.7 Å². The summed E-state index contributed by atoms with van der Waals surface area (Å²) in [5.41, 5.74) is 3.62. The number of ether oxygens (including phenoxy) is 1. The third-order valence-corrected chi connectivity index (χ3v) is 5.59. The minimum absolute atomic E-state index is 0.0394. The molecule has 1 atom stereocenters. The van der Waals surface area contributed by atoms with Crippen molar-refractivity contribution in [1.29, 1.82) is 0 Å². The molecular weight excluding hydrogens is 364 g/mol. The second kappa shape index (κ2) is 8.71. The predicted molar refractivity (Wildman–Crippen MR) is 112 cm³/mol. The fourth-order valence-corrected chi connectivity index (χ4v) is 3.78. The minimum atomic E-state index is 0.0394. The SMILES string of the molecule is COc1ccc(Cn2nnnc2[C@@H](c2ccc(C)cc2)N2CCN(C)CC2)cc1. The molecule has 0 spiro atoms. The van der Waals surface area contributed by atoms with Gasteiger partial charge in [-0.05, 0) is 47.7 Å². The molecule has 7 nitrogen and oxygen atoms in total. The number of benzene rings is 2. The molecule has 0 saturated carbocycles. The number of likely N-dealkylation sites (N-methyl/N-ethyl adjacent to an activating group) is 1. The van der Waals surface area contributed by atoms with E-state index in [-0.39, 0.29) is 6.04 Å². The summed E-state index contributed by atoms with van der Waals surface area (Å²) >= 11 is 0. The fraction of sp³-hybridized carbons (Fsp3) is 0.409. The Morgan fingerprint density at radius 3 is 2.31 bits per heavy atom. The van der Waals surface area contributed by atoms with Crippen LogP contribution in [0, 0.1) is 6.92 Å². The highest BCUT2D eigenvalue weighted by molar-refractivity contribution is 5.30. The van der Waals surface area contributed by atoms with Gasteiger partial charge in [0.1, 0.15) is 5.75 Å². The Kier molecular flexibility index (Phi) is 5.87. The van der Waals surface area contributed by atoms with Crippen LogP contribution in [0.25, 0.3) is 0 Å². The largest absolute Gasteiger partial charge is 0.497 e. The summed E-state index contributed by atoms with van der Waals surface area (Å²) < 4.78 is 7.19. The van der Waals surface area contributed by atoms with Gasteiger partial charge in [0.05, 0.1) is 19.7 Å². The average Bonchev–Trinajstić information content (AvgIpc) is 3.19. The van der Waals surface area contributed by atoms with Crippen molar-refractivity contribution in [2.75, 3.05) is 40.3 Å². The van der Waals surface area contributed by atoms with Crippen molar-refractivity contribution in [1.82, 2.24) is 30.0 Å². The molecule has 1 saturated heterocycles. The van der Waals surface area contributed by atoms with E-state index in [0.717, 1.165) is 43.3 Å². The maximum Gasteiger partial charge on any atom is 0.173 e. The molecule has 1 aromatic heterocycles. The van der Waals surface area contributed by atoms with E-state index in [1.807, 2.05) is 16.8 Å². The van der Waals surface area contributed by atoms with E-state index in [0.29, 0.717) is 6.54 Å². The first-order valence-electron chi connectivity index (χ1n) is 10.0. The number of aromatic nitrogens is 4. The Balaban J connectivity index is 1.65. The lowest BCUT2D eigenvalue weighted by Gasteiger charge is -2.37. The third-order valence-electron chi connectivity index (χ3n) is 5.59. The van der Waals surface area contributed by atoms with Crippen molar-refractivity contribution in [3.8, 4) is 5.75 Å². The molecule has 0 bridgehead atoms. The standard InChI is InChI=1S/C22H28N6O/c1-17-4-8-19(9-5-17)21(27-14-12-26(2)13-15-27)22-23-24-25-28(22)16-18-6-10-20(29-3)11-7-18/h4-11,21H,12-16H2,1-3H3/t21-/m1/s1. The van der Waals surface area contributed by atoms with Crippen molar-refractivity contribution in [2.24, 2.45) is 0 Å². The summed E-state index contributed by atoms with van der Waals surface area (Å²) in [5.74, 6) is 1.73. The molecule has 1 fully saturated rings. The van der Waals surface area contributed by atoms with Gasteiger partial charge in [-0.1, -0.05) is 42.0 Å². The van der Waals surface area contributed by atoms with Crippen molar-refractivity contribution in [3.63, 3.8) is 0 Å². The van der Waals surface area contributed by atoms with Crippen molar-refractivity contribution in [3.05, 3.63) is 71.0 Å². The van der Waals surface area contributed by atoms with Crippen LogP contribution in [-0.2, 0) is 6.54 Å². The highest BCUT2D eigenvalue weighted by Gasteiger charge is 2.29. The molecule has 0 amide bonds. The Bertz CT molecular complexity index is 913. The minimum Gasteiger partial charge on any atom is -0.497 e. The normalized spacial score (nSPS) is 16.7. The molecule has 0 radical (unpaired) electrons. The molecule has 0 unspecified atom stereocenters. The Morgan fingerprint density at radius 1 is 0.966 bits per heavy atom. The van der Waals surface area contributed by atoms with E-state index in [1.165, 1.54) is 11.1 Å². The van der Waals surface area contributed by atoms with Crippen LogP contribution in [0.15, 0.2) is 48.5 Å². The Labute approximate surface area is 171 Å². The number of nitrogens with zero attached hydrogens (tertiary/aromatic N) is 6. The Morgan fingerprint density at radius 2 is 1.66 bits per heavy atom. The first-order chi connectivity index (χ1) is 14.1.